The molecule has 0 aliphatic rings. The number of benzene rings is 1. The van der Waals surface area contributed by atoms with E-state index in [0.717, 1.165) is 0 Å². The maximum absolute atomic E-state index is 12.0. The molecule has 1 atom stereocenters. The Morgan fingerprint density at radius 3 is 2.73 bits per heavy atom. The van der Waals surface area contributed by atoms with Gasteiger partial charge in [0.25, 0.3) is 5.91 Å². The Kier molecular flexibility index (Phi) is 4.90. The Bertz CT molecular complexity index is 681. The molecule has 22 heavy (non-hydrogen) atoms. The zero-order valence-electron chi connectivity index (χ0n) is 12.3. The number of aromatic carboxylic acids is 1. The summed E-state index contributed by atoms with van der Waals surface area (Å²) >= 11 is 0. The topological polar surface area (TPSA) is 93.5 Å². The zero-order chi connectivity index (χ0) is 16.1. The van der Waals surface area contributed by atoms with Crippen molar-refractivity contribution in [3.63, 3.8) is 0 Å². The molecule has 0 aliphatic heterocycles. The molecule has 1 unspecified atom stereocenters. The molecule has 2 rings (SSSR count). The summed E-state index contributed by atoms with van der Waals surface area (Å²) in [5, 5.41) is 15.7. The van der Waals surface area contributed by atoms with E-state index in [2.05, 4.69) is 10.4 Å². The largest absolute Gasteiger partial charge is 0.476 e. The van der Waals surface area contributed by atoms with Gasteiger partial charge in [-0.25, -0.2) is 9.48 Å². The molecule has 0 aliphatic carbocycles. The number of aromatic nitrogens is 2. The first-order valence-corrected chi connectivity index (χ1v) is 6.83. The summed E-state index contributed by atoms with van der Waals surface area (Å²) in [5.74, 6) is -1.38. The summed E-state index contributed by atoms with van der Waals surface area (Å²) in [6.07, 6.45) is 0.950. The first-order valence-electron chi connectivity index (χ1n) is 6.83. The Morgan fingerprint density at radius 1 is 1.36 bits per heavy atom. The highest BCUT2D eigenvalue weighted by molar-refractivity contribution is 5.95. The highest BCUT2D eigenvalue weighted by Crippen LogP contribution is 2.20. The van der Waals surface area contributed by atoms with Crippen LogP contribution in [-0.4, -0.2) is 39.5 Å². The Labute approximate surface area is 127 Å². The van der Waals surface area contributed by atoms with E-state index >= 15 is 0 Å². The molecule has 1 amide bonds. The molecule has 1 aromatic heterocycles. The maximum atomic E-state index is 12.0. The second kappa shape index (κ2) is 6.86. The van der Waals surface area contributed by atoms with Crippen molar-refractivity contribution in [3.8, 4) is 5.69 Å². The zero-order valence-corrected chi connectivity index (χ0v) is 12.3. The molecule has 1 aromatic carbocycles. The number of hydrogen-bond acceptors (Lipinski definition) is 4. The average Bonchev–Trinajstić information content (AvgIpc) is 2.98. The van der Waals surface area contributed by atoms with Crippen LogP contribution in [0.3, 0.4) is 0 Å². The van der Waals surface area contributed by atoms with E-state index in [9.17, 15) is 9.59 Å². The van der Waals surface area contributed by atoms with Crippen molar-refractivity contribution >= 4 is 17.6 Å². The number of nitrogens with one attached hydrogen (secondary N) is 1. The van der Waals surface area contributed by atoms with E-state index in [1.54, 1.807) is 31.2 Å². The molecule has 0 bridgehead atoms. The predicted molar refractivity (Wildman–Crippen MR) is 80.2 cm³/mol. The van der Waals surface area contributed by atoms with Crippen LogP contribution < -0.4 is 5.32 Å². The van der Waals surface area contributed by atoms with Gasteiger partial charge in [0, 0.05) is 12.8 Å². The van der Waals surface area contributed by atoms with Gasteiger partial charge >= 0.3 is 5.97 Å². The first-order chi connectivity index (χ1) is 10.5. The fourth-order valence-electron chi connectivity index (χ4n) is 1.91. The highest BCUT2D eigenvalue weighted by Gasteiger charge is 2.16. The molecule has 0 fully saturated rings. The number of ether oxygens (including phenoxy) is 1. The van der Waals surface area contributed by atoms with Crippen LogP contribution >= 0.6 is 0 Å². The van der Waals surface area contributed by atoms with E-state index in [1.165, 1.54) is 16.9 Å². The van der Waals surface area contributed by atoms with Crippen LogP contribution in [-0.2, 0) is 9.53 Å². The SMILES string of the molecule is CCOC(C)C(=O)Nc1ccccc1-n1ccc(C(=O)O)n1. The minimum absolute atomic E-state index is 0.0659. The molecule has 1 heterocycles. The quantitative estimate of drug-likeness (QED) is 0.850. The van der Waals surface area contributed by atoms with Gasteiger partial charge in [-0.15, -0.1) is 0 Å². The van der Waals surface area contributed by atoms with Crippen LogP contribution in [0.1, 0.15) is 24.3 Å². The summed E-state index contributed by atoms with van der Waals surface area (Å²) in [5.41, 5.74) is 1.04. The van der Waals surface area contributed by atoms with Crippen molar-refractivity contribution in [3.05, 3.63) is 42.2 Å². The van der Waals surface area contributed by atoms with Gasteiger partial charge < -0.3 is 15.2 Å². The molecular formula is C15H17N3O4. The number of hydrogen-bond donors (Lipinski definition) is 2. The van der Waals surface area contributed by atoms with E-state index < -0.39 is 12.1 Å². The molecule has 7 nitrogen and oxygen atoms in total. The van der Waals surface area contributed by atoms with Gasteiger partial charge in [-0.2, -0.15) is 5.10 Å². The molecule has 7 heteroatoms. The van der Waals surface area contributed by atoms with Crippen molar-refractivity contribution in [1.29, 1.82) is 0 Å². The molecule has 0 saturated carbocycles. The third kappa shape index (κ3) is 3.50. The summed E-state index contributed by atoms with van der Waals surface area (Å²) < 4.78 is 6.65. The van der Waals surface area contributed by atoms with E-state index in [1.807, 2.05) is 6.92 Å². The summed E-state index contributed by atoms with van der Waals surface area (Å²) in [6, 6.07) is 8.39. The van der Waals surface area contributed by atoms with Gasteiger partial charge in [0.05, 0.1) is 11.4 Å². The molecule has 0 saturated heterocycles. The van der Waals surface area contributed by atoms with Crippen LogP contribution in [0, 0.1) is 0 Å². The van der Waals surface area contributed by atoms with Gasteiger partial charge in [0.15, 0.2) is 5.69 Å². The number of rotatable bonds is 6. The van der Waals surface area contributed by atoms with Crippen LogP contribution in [0.4, 0.5) is 5.69 Å². The third-order valence-corrected chi connectivity index (χ3v) is 3.00. The van der Waals surface area contributed by atoms with Crippen LogP contribution in [0.25, 0.3) is 5.69 Å². The fourth-order valence-corrected chi connectivity index (χ4v) is 1.91. The number of amides is 1. The minimum atomic E-state index is -1.11. The van der Waals surface area contributed by atoms with Gasteiger partial charge in [-0.05, 0) is 32.0 Å². The number of carboxylic acids is 1. The number of para-hydroxylation sites is 2. The maximum Gasteiger partial charge on any atom is 0.356 e. The van der Waals surface area contributed by atoms with Crippen molar-refractivity contribution < 1.29 is 19.4 Å². The molecule has 0 radical (unpaired) electrons. The predicted octanol–water partition coefficient (Wildman–Crippen LogP) is 1.93. The van der Waals surface area contributed by atoms with E-state index in [0.29, 0.717) is 18.0 Å². The molecule has 2 N–H and O–H groups in total. The number of nitrogens with zero attached hydrogens (tertiary/aromatic N) is 2. The number of anilines is 1. The second-order valence-corrected chi connectivity index (χ2v) is 4.55. The molecule has 0 spiro atoms. The lowest BCUT2D eigenvalue weighted by Gasteiger charge is -2.14. The lowest BCUT2D eigenvalue weighted by molar-refractivity contribution is -0.126. The van der Waals surface area contributed by atoms with E-state index in [-0.39, 0.29) is 11.6 Å². The lowest BCUT2D eigenvalue weighted by atomic mass is 10.2. The van der Waals surface area contributed by atoms with Crippen molar-refractivity contribution in [1.82, 2.24) is 9.78 Å². The van der Waals surface area contributed by atoms with Crippen LogP contribution in [0.15, 0.2) is 36.5 Å². The summed E-state index contributed by atoms with van der Waals surface area (Å²) in [7, 11) is 0. The normalized spacial score (nSPS) is 11.9. The Morgan fingerprint density at radius 2 is 2.09 bits per heavy atom. The first kappa shape index (κ1) is 15.7. The number of carboxylic acid groups (broad SMARTS) is 1. The highest BCUT2D eigenvalue weighted by atomic mass is 16.5. The van der Waals surface area contributed by atoms with E-state index in [4.69, 9.17) is 9.84 Å². The summed E-state index contributed by atoms with van der Waals surface area (Å²) in [4.78, 5) is 22.9. The van der Waals surface area contributed by atoms with Gasteiger partial charge in [0.1, 0.15) is 6.10 Å². The standard InChI is InChI=1S/C15H17N3O4/c1-3-22-10(2)14(19)16-11-6-4-5-7-13(11)18-9-8-12(17-18)15(20)21/h4-10H,3H2,1-2H3,(H,16,19)(H,20,21). The van der Waals surface area contributed by atoms with Gasteiger partial charge in [-0.3, -0.25) is 4.79 Å². The smallest absolute Gasteiger partial charge is 0.356 e. The monoisotopic (exact) mass is 303 g/mol. The van der Waals surface area contributed by atoms with Crippen molar-refractivity contribution in [2.45, 2.75) is 20.0 Å². The van der Waals surface area contributed by atoms with Gasteiger partial charge in [0.2, 0.25) is 0 Å². The Balaban J connectivity index is 2.26. The minimum Gasteiger partial charge on any atom is -0.476 e. The molecule has 116 valence electrons. The van der Waals surface area contributed by atoms with Gasteiger partial charge in [-0.1, -0.05) is 12.1 Å². The molecule has 2 aromatic rings. The number of carbonyl (C=O) groups is 2. The van der Waals surface area contributed by atoms with Crippen LogP contribution in [0.5, 0.6) is 0 Å². The second-order valence-electron chi connectivity index (χ2n) is 4.55. The number of carbonyl (C=O) groups excluding carboxylic acids is 1. The molecular weight excluding hydrogens is 286 g/mol. The third-order valence-electron chi connectivity index (χ3n) is 3.00. The van der Waals surface area contributed by atoms with Crippen LogP contribution in [0.2, 0.25) is 0 Å². The summed E-state index contributed by atoms with van der Waals surface area (Å²) in [6.45, 7) is 3.92. The van der Waals surface area contributed by atoms with Crippen molar-refractivity contribution in [2.75, 3.05) is 11.9 Å². The fraction of sp³-hybridized carbons (Fsp3) is 0.267. The lowest BCUT2D eigenvalue weighted by Crippen LogP contribution is -2.28. The van der Waals surface area contributed by atoms with Crippen molar-refractivity contribution in [2.24, 2.45) is 0 Å². The average molecular weight is 303 g/mol. The Hall–Kier alpha value is -2.67.